The number of aromatic nitrogens is 2. The lowest BCUT2D eigenvalue weighted by Crippen LogP contribution is -2.57. The molecule has 1 aliphatic rings. The van der Waals surface area contributed by atoms with Crippen molar-refractivity contribution in [2.45, 2.75) is 51.3 Å². The summed E-state index contributed by atoms with van der Waals surface area (Å²) in [7, 11) is 1.89. The van der Waals surface area contributed by atoms with Crippen molar-refractivity contribution in [2.75, 3.05) is 19.8 Å². The molecule has 0 saturated carbocycles. The summed E-state index contributed by atoms with van der Waals surface area (Å²) in [6.45, 7) is 7.08. The van der Waals surface area contributed by atoms with Crippen LogP contribution in [0.1, 0.15) is 32.8 Å². The second kappa shape index (κ2) is 7.31. The molecule has 2 unspecified atom stereocenters. The Morgan fingerprint density at radius 3 is 2.91 bits per heavy atom. The molecule has 1 aromatic rings. The summed E-state index contributed by atoms with van der Waals surface area (Å²) in [6.07, 6.45) is 5.10. The summed E-state index contributed by atoms with van der Waals surface area (Å²) in [6, 6.07) is -0.321. The number of carbonyl (C=O) groups is 1. The van der Waals surface area contributed by atoms with Gasteiger partial charge in [-0.05, 0) is 39.2 Å². The summed E-state index contributed by atoms with van der Waals surface area (Å²) in [4.78, 5) is 14.1. The highest BCUT2D eigenvalue weighted by Gasteiger charge is 2.34. The van der Waals surface area contributed by atoms with Gasteiger partial charge in [-0.25, -0.2) is 4.79 Å². The lowest BCUT2D eigenvalue weighted by Gasteiger charge is -2.39. The molecule has 2 atom stereocenters. The van der Waals surface area contributed by atoms with Crippen LogP contribution in [0.25, 0.3) is 0 Å². The third-order valence-electron chi connectivity index (χ3n) is 3.81. The first kappa shape index (κ1) is 17.7. The minimum absolute atomic E-state index is 0.157. The van der Waals surface area contributed by atoms with Gasteiger partial charge in [0.15, 0.2) is 0 Å². The van der Waals surface area contributed by atoms with Gasteiger partial charge in [0.1, 0.15) is 5.60 Å². The van der Waals surface area contributed by atoms with E-state index in [0.29, 0.717) is 19.8 Å². The number of nitrogens with zero attached hydrogens (tertiary/aromatic N) is 3. The monoisotopic (exact) mass is 324 g/mol. The lowest BCUT2D eigenvalue weighted by atomic mass is 10.0. The zero-order valence-electron chi connectivity index (χ0n) is 14.5. The van der Waals surface area contributed by atoms with Crippen molar-refractivity contribution in [2.24, 2.45) is 12.8 Å². The van der Waals surface area contributed by atoms with Gasteiger partial charge >= 0.3 is 6.09 Å². The third-order valence-corrected chi connectivity index (χ3v) is 3.81. The number of carbonyl (C=O) groups excluding carboxylic acids is 1. The van der Waals surface area contributed by atoms with E-state index < -0.39 is 5.60 Å². The van der Waals surface area contributed by atoms with Gasteiger partial charge in [-0.2, -0.15) is 5.10 Å². The van der Waals surface area contributed by atoms with Crippen LogP contribution >= 0.6 is 0 Å². The average Bonchev–Trinajstić information content (AvgIpc) is 2.88. The first-order valence-corrected chi connectivity index (χ1v) is 8.07. The second-order valence-corrected chi connectivity index (χ2v) is 7.04. The molecule has 1 amide bonds. The number of nitrogens with two attached hydrogens (primary N) is 1. The molecule has 2 rings (SSSR count). The third kappa shape index (κ3) is 5.21. The van der Waals surface area contributed by atoms with Crippen molar-refractivity contribution in [1.29, 1.82) is 0 Å². The molecule has 1 aromatic heterocycles. The molecule has 7 nitrogen and oxygen atoms in total. The van der Waals surface area contributed by atoms with Crippen LogP contribution in [-0.4, -0.2) is 58.2 Å². The number of ether oxygens (including phenoxy) is 2. The van der Waals surface area contributed by atoms with E-state index in [1.165, 1.54) is 0 Å². The van der Waals surface area contributed by atoms with Gasteiger partial charge in [0.2, 0.25) is 0 Å². The number of hydrogen-bond acceptors (Lipinski definition) is 5. The fraction of sp³-hybridized carbons (Fsp3) is 0.750. The van der Waals surface area contributed by atoms with Crippen molar-refractivity contribution in [1.82, 2.24) is 14.7 Å². The summed E-state index contributed by atoms with van der Waals surface area (Å²) in [5.41, 5.74) is 6.97. The Bertz CT molecular complexity index is 524. The maximum atomic E-state index is 12.4. The molecule has 1 aliphatic heterocycles. The summed E-state index contributed by atoms with van der Waals surface area (Å²) < 4.78 is 12.8. The highest BCUT2D eigenvalue weighted by molar-refractivity contribution is 5.68. The van der Waals surface area contributed by atoms with Gasteiger partial charge in [0, 0.05) is 25.8 Å². The van der Waals surface area contributed by atoms with E-state index in [0.717, 1.165) is 18.4 Å². The van der Waals surface area contributed by atoms with E-state index in [2.05, 4.69) is 5.10 Å². The Morgan fingerprint density at radius 2 is 2.30 bits per heavy atom. The largest absolute Gasteiger partial charge is 0.444 e. The van der Waals surface area contributed by atoms with Crippen molar-refractivity contribution in [3.05, 3.63) is 18.0 Å². The first-order chi connectivity index (χ1) is 10.8. The molecule has 2 N–H and O–H groups in total. The maximum Gasteiger partial charge on any atom is 0.410 e. The normalized spacial score (nSPS) is 20.4. The average molecular weight is 324 g/mol. The predicted molar refractivity (Wildman–Crippen MR) is 87.1 cm³/mol. The molecular formula is C16H28N4O3. The fourth-order valence-corrected chi connectivity index (χ4v) is 2.65. The van der Waals surface area contributed by atoms with Crippen LogP contribution < -0.4 is 5.73 Å². The molecule has 0 bridgehead atoms. The molecule has 0 radical (unpaired) electrons. The number of rotatable bonds is 4. The van der Waals surface area contributed by atoms with E-state index in [1.54, 1.807) is 9.58 Å². The molecular weight excluding hydrogens is 296 g/mol. The van der Waals surface area contributed by atoms with E-state index in [4.69, 9.17) is 15.2 Å². The van der Waals surface area contributed by atoms with Gasteiger partial charge in [-0.15, -0.1) is 0 Å². The summed E-state index contributed by atoms with van der Waals surface area (Å²) >= 11 is 0. The zero-order valence-corrected chi connectivity index (χ0v) is 14.5. The van der Waals surface area contributed by atoms with Crippen molar-refractivity contribution in [3.63, 3.8) is 0 Å². The predicted octanol–water partition coefficient (Wildman–Crippen LogP) is 1.32. The van der Waals surface area contributed by atoms with Crippen LogP contribution in [-0.2, 0) is 22.9 Å². The SMILES string of the molecule is Cn1cc(CCC(N)C2COCCN2C(=O)OC(C)(C)C)cn1. The molecule has 0 aromatic carbocycles. The van der Waals surface area contributed by atoms with Crippen LogP contribution in [0.3, 0.4) is 0 Å². The molecule has 0 spiro atoms. The van der Waals surface area contributed by atoms with Crippen molar-refractivity contribution in [3.8, 4) is 0 Å². The number of morpholine rings is 1. The summed E-state index contributed by atoms with van der Waals surface area (Å²) in [5, 5.41) is 4.16. The molecule has 23 heavy (non-hydrogen) atoms. The highest BCUT2D eigenvalue weighted by atomic mass is 16.6. The molecule has 130 valence electrons. The Balaban J connectivity index is 1.95. The molecule has 2 heterocycles. The quantitative estimate of drug-likeness (QED) is 0.903. The van der Waals surface area contributed by atoms with E-state index in [1.807, 2.05) is 40.2 Å². The van der Waals surface area contributed by atoms with Crippen LogP contribution in [0.2, 0.25) is 0 Å². The highest BCUT2D eigenvalue weighted by Crippen LogP contribution is 2.18. The van der Waals surface area contributed by atoms with Crippen molar-refractivity contribution >= 4 is 6.09 Å². The van der Waals surface area contributed by atoms with Crippen LogP contribution in [0.5, 0.6) is 0 Å². The van der Waals surface area contributed by atoms with Gasteiger partial charge in [-0.3, -0.25) is 9.58 Å². The number of aryl methyl sites for hydroxylation is 2. The summed E-state index contributed by atoms with van der Waals surface area (Å²) in [5.74, 6) is 0. The number of amides is 1. The van der Waals surface area contributed by atoms with E-state index >= 15 is 0 Å². The lowest BCUT2D eigenvalue weighted by molar-refractivity contribution is -0.0384. The van der Waals surface area contributed by atoms with Crippen molar-refractivity contribution < 1.29 is 14.3 Å². The van der Waals surface area contributed by atoms with E-state index in [9.17, 15) is 4.79 Å². The number of hydrogen-bond donors (Lipinski definition) is 1. The standard InChI is InChI=1S/C16H28N4O3/c1-16(2,3)23-15(21)20-7-8-22-11-14(20)13(17)6-5-12-9-18-19(4)10-12/h9-10,13-14H,5-8,11,17H2,1-4H3. The molecule has 7 heteroatoms. The van der Waals surface area contributed by atoms with Gasteiger partial charge in [0.05, 0.1) is 25.5 Å². The molecule has 1 fully saturated rings. The minimum Gasteiger partial charge on any atom is -0.444 e. The van der Waals surface area contributed by atoms with Crippen LogP contribution in [0.4, 0.5) is 4.79 Å². The topological polar surface area (TPSA) is 82.6 Å². The van der Waals surface area contributed by atoms with Gasteiger partial charge in [-0.1, -0.05) is 0 Å². The molecule has 1 saturated heterocycles. The van der Waals surface area contributed by atoms with Crippen LogP contribution in [0.15, 0.2) is 12.4 Å². The van der Waals surface area contributed by atoms with Gasteiger partial charge < -0.3 is 15.2 Å². The smallest absolute Gasteiger partial charge is 0.410 e. The Hall–Kier alpha value is -1.60. The Kier molecular flexibility index (Phi) is 5.64. The Labute approximate surface area is 137 Å². The Morgan fingerprint density at radius 1 is 1.57 bits per heavy atom. The minimum atomic E-state index is -0.514. The zero-order chi connectivity index (χ0) is 17.0. The second-order valence-electron chi connectivity index (χ2n) is 7.04. The fourth-order valence-electron chi connectivity index (χ4n) is 2.65. The maximum absolute atomic E-state index is 12.4. The van der Waals surface area contributed by atoms with Crippen LogP contribution in [0, 0.1) is 0 Å². The van der Waals surface area contributed by atoms with E-state index in [-0.39, 0.29) is 18.2 Å². The van der Waals surface area contributed by atoms with Gasteiger partial charge in [0.25, 0.3) is 0 Å². The first-order valence-electron chi connectivity index (χ1n) is 8.07. The molecule has 0 aliphatic carbocycles.